The van der Waals surface area contributed by atoms with Gasteiger partial charge in [-0.3, -0.25) is 10.1 Å². The number of hydrogen-bond acceptors (Lipinski definition) is 4. The van der Waals surface area contributed by atoms with E-state index in [1.807, 2.05) is 0 Å². The average Bonchev–Trinajstić information content (AvgIpc) is 2.85. The van der Waals surface area contributed by atoms with Crippen LogP contribution in [0.1, 0.15) is 13.3 Å². The summed E-state index contributed by atoms with van der Waals surface area (Å²) in [6, 6.07) is 0.00706. The number of carbonyl (C=O) groups is 1. The van der Waals surface area contributed by atoms with Crippen LogP contribution in [0.3, 0.4) is 0 Å². The minimum absolute atomic E-state index is 0.00706. The lowest BCUT2D eigenvalue weighted by Gasteiger charge is -2.16. The van der Waals surface area contributed by atoms with Crippen LogP contribution in [0, 0.1) is 5.92 Å². The maximum Gasteiger partial charge on any atom is 0.238 e. The molecular formula is C10H18N2O2S. The Morgan fingerprint density at radius 2 is 2.53 bits per heavy atom. The quantitative estimate of drug-likeness (QED) is 0.727. The van der Waals surface area contributed by atoms with Crippen molar-refractivity contribution in [1.29, 1.82) is 0 Å². The van der Waals surface area contributed by atoms with Crippen molar-refractivity contribution >= 4 is 17.7 Å². The number of thioether (sulfide) groups is 1. The van der Waals surface area contributed by atoms with Gasteiger partial charge in [0.05, 0.1) is 12.1 Å². The van der Waals surface area contributed by atoms with Crippen molar-refractivity contribution in [2.75, 3.05) is 24.8 Å². The smallest absolute Gasteiger partial charge is 0.238 e. The van der Waals surface area contributed by atoms with E-state index in [9.17, 15) is 4.79 Å². The molecule has 1 amide bonds. The van der Waals surface area contributed by atoms with Crippen LogP contribution in [0.25, 0.3) is 0 Å². The summed E-state index contributed by atoms with van der Waals surface area (Å²) in [4.78, 5) is 11.7. The van der Waals surface area contributed by atoms with E-state index in [4.69, 9.17) is 4.74 Å². The highest BCUT2D eigenvalue weighted by Crippen LogP contribution is 2.19. The maximum atomic E-state index is 11.7. The molecule has 3 atom stereocenters. The molecular weight excluding hydrogens is 212 g/mol. The van der Waals surface area contributed by atoms with Crippen LogP contribution >= 0.6 is 11.8 Å². The largest absolute Gasteiger partial charge is 0.378 e. The van der Waals surface area contributed by atoms with Gasteiger partial charge in [-0.1, -0.05) is 0 Å². The third-order valence-electron chi connectivity index (χ3n) is 3.10. The van der Waals surface area contributed by atoms with Crippen LogP contribution < -0.4 is 10.6 Å². The van der Waals surface area contributed by atoms with Gasteiger partial charge in [-0.25, -0.2) is 0 Å². The van der Waals surface area contributed by atoms with E-state index in [0.717, 1.165) is 31.2 Å². The van der Waals surface area contributed by atoms with E-state index in [0.29, 0.717) is 5.92 Å². The molecule has 2 aliphatic rings. The van der Waals surface area contributed by atoms with Gasteiger partial charge in [0.25, 0.3) is 0 Å². The Labute approximate surface area is 94.5 Å². The van der Waals surface area contributed by atoms with Gasteiger partial charge in [0.1, 0.15) is 0 Å². The van der Waals surface area contributed by atoms with Crippen LogP contribution in [0.2, 0.25) is 0 Å². The zero-order valence-corrected chi connectivity index (χ0v) is 9.81. The van der Waals surface area contributed by atoms with Gasteiger partial charge in [-0.2, -0.15) is 0 Å². The molecule has 0 aromatic carbocycles. The van der Waals surface area contributed by atoms with Gasteiger partial charge in [0.2, 0.25) is 5.91 Å². The Balaban J connectivity index is 1.70. The standard InChI is InChI=1S/C10H18N2O2S/c1-7-8(2-3-14-7)4-11-10(13)9-5-15-6-12-9/h7-9,12H,2-6H2,1H3,(H,11,13). The molecule has 2 saturated heterocycles. The Morgan fingerprint density at radius 1 is 1.67 bits per heavy atom. The molecule has 2 rings (SSSR count). The van der Waals surface area contributed by atoms with Gasteiger partial charge >= 0.3 is 0 Å². The number of nitrogens with one attached hydrogen (secondary N) is 2. The Morgan fingerprint density at radius 3 is 3.13 bits per heavy atom. The second-order valence-electron chi connectivity index (χ2n) is 4.14. The summed E-state index contributed by atoms with van der Waals surface area (Å²) < 4.78 is 5.45. The van der Waals surface area contributed by atoms with Crippen LogP contribution in [0.15, 0.2) is 0 Å². The highest BCUT2D eigenvalue weighted by atomic mass is 32.2. The van der Waals surface area contributed by atoms with Crippen LogP contribution in [-0.2, 0) is 9.53 Å². The lowest BCUT2D eigenvalue weighted by atomic mass is 10.0. The molecule has 0 aromatic rings. The Kier molecular flexibility index (Phi) is 3.88. The number of carbonyl (C=O) groups excluding carboxylic acids is 1. The molecule has 0 aliphatic carbocycles. The molecule has 0 radical (unpaired) electrons. The lowest BCUT2D eigenvalue weighted by molar-refractivity contribution is -0.122. The fraction of sp³-hybridized carbons (Fsp3) is 0.900. The second kappa shape index (κ2) is 5.18. The number of rotatable bonds is 3. The van der Waals surface area contributed by atoms with Gasteiger partial charge in [-0.15, -0.1) is 11.8 Å². The minimum Gasteiger partial charge on any atom is -0.378 e. The number of ether oxygens (including phenoxy) is 1. The monoisotopic (exact) mass is 230 g/mol. The topological polar surface area (TPSA) is 50.4 Å². The molecule has 3 unspecified atom stereocenters. The molecule has 15 heavy (non-hydrogen) atoms. The molecule has 2 aliphatic heterocycles. The van der Waals surface area contributed by atoms with Crippen LogP contribution in [0.4, 0.5) is 0 Å². The van der Waals surface area contributed by atoms with Crippen LogP contribution in [-0.4, -0.2) is 42.8 Å². The van der Waals surface area contributed by atoms with E-state index < -0.39 is 0 Å². The summed E-state index contributed by atoms with van der Waals surface area (Å²) in [5, 5.41) is 6.16. The van der Waals surface area contributed by atoms with Crippen molar-refractivity contribution in [1.82, 2.24) is 10.6 Å². The summed E-state index contributed by atoms with van der Waals surface area (Å²) in [6.45, 7) is 3.66. The first-order valence-electron chi connectivity index (χ1n) is 5.48. The van der Waals surface area contributed by atoms with Crippen LogP contribution in [0.5, 0.6) is 0 Å². The molecule has 0 saturated carbocycles. The maximum absolute atomic E-state index is 11.7. The lowest BCUT2D eigenvalue weighted by Crippen LogP contribution is -2.44. The van der Waals surface area contributed by atoms with Crippen molar-refractivity contribution in [2.45, 2.75) is 25.5 Å². The molecule has 86 valence electrons. The normalized spacial score (nSPS) is 35.7. The highest BCUT2D eigenvalue weighted by molar-refractivity contribution is 7.99. The number of amides is 1. The van der Waals surface area contributed by atoms with Crippen molar-refractivity contribution in [3.05, 3.63) is 0 Å². The summed E-state index contributed by atoms with van der Waals surface area (Å²) in [5.74, 6) is 2.41. The fourth-order valence-corrected chi connectivity index (χ4v) is 2.90. The van der Waals surface area contributed by atoms with E-state index >= 15 is 0 Å². The van der Waals surface area contributed by atoms with Crippen molar-refractivity contribution in [2.24, 2.45) is 5.92 Å². The minimum atomic E-state index is 0.00706. The number of hydrogen-bond donors (Lipinski definition) is 2. The second-order valence-corrected chi connectivity index (χ2v) is 5.17. The fourth-order valence-electron chi connectivity index (χ4n) is 1.96. The van der Waals surface area contributed by atoms with E-state index in [1.165, 1.54) is 0 Å². The van der Waals surface area contributed by atoms with Gasteiger partial charge < -0.3 is 10.1 Å². The van der Waals surface area contributed by atoms with E-state index in [-0.39, 0.29) is 18.1 Å². The van der Waals surface area contributed by atoms with Crippen molar-refractivity contribution in [3.63, 3.8) is 0 Å². The third-order valence-corrected chi connectivity index (χ3v) is 4.04. The van der Waals surface area contributed by atoms with Gasteiger partial charge in [0, 0.05) is 30.7 Å². The highest BCUT2D eigenvalue weighted by Gasteiger charge is 2.27. The summed E-state index contributed by atoms with van der Waals surface area (Å²) in [7, 11) is 0. The van der Waals surface area contributed by atoms with Crippen molar-refractivity contribution < 1.29 is 9.53 Å². The molecule has 2 heterocycles. The molecule has 0 bridgehead atoms. The summed E-state index contributed by atoms with van der Waals surface area (Å²) in [6.07, 6.45) is 1.35. The summed E-state index contributed by atoms with van der Waals surface area (Å²) in [5.41, 5.74) is 0. The SMILES string of the molecule is CC1OCCC1CNC(=O)C1CSCN1. The molecule has 5 heteroatoms. The molecule has 0 spiro atoms. The zero-order chi connectivity index (χ0) is 10.7. The summed E-state index contributed by atoms with van der Waals surface area (Å²) >= 11 is 1.77. The molecule has 4 nitrogen and oxygen atoms in total. The van der Waals surface area contributed by atoms with Crippen molar-refractivity contribution in [3.8, 4) is 0 Å². The first-order valence-corrected chi connectivity index (χ1v) is 6.63. The average molecular weight is 230 g/mol. The van der Waals surface area contributed by atoms with E-state index in [1.54, 1.807) is 11.8 Å². The zero-order valence-electron chi connectivity index (χ0n) is 8.99. The van der Waals surface area contributed by atoms with Gasteiger partial charge in [0.15, 0.2) is 0 Å². The van der Waals surface area contributed by atoms with Gasteiger partial charge in [-0.05, 0) is 13.3 Å². The Hall–Kier alpha value is -0.260. The molecule has 2 N–H and O–H groups in total. The first-order chi connectivity index (χ1) is 7.27. The third kappa shape index (κ3) is 2.86. The molecule has 0 aromatic heterocycles. The predicted molar refractivity (Wildman–Crippen MR) is 60.8 cm³/mol. The molecule has 2 fully saturated rings. The predicted octanol–water partition coefficient (Wildman–Crippen LogP) is 0.190. The Bertz CT molecular complexity index is 231. The van der Waals surface area contributed by atoms with E-state index in [2.05, 4.69) is 17.6 Å². The first kappa shape index (κ1) is 11.2.